The number of nitrogens with one attached hydrogen (secondary N) is 1. The molecular formula is C14H9Br3N6OS. The third-order valence-corrected chi connectivity index (χ3v) is 5.40. The molecule has 0 radical (unpaired) electrons. The maximum absolute atomic E-state index is 12.1. The molecule has 1 N–H and O–H groups in total. The number of rotatable bonds is 5. The molecule has 2 heterocycles. The largest absolute Gasteiger partial charge is 0.309 e. The van der Waals surface area contributed by atoms with Crippen LogP contribution in [0.4, 0.5) is 5.82 Å². The first-order valence-electron chi connectivity index (χ1n) is 6.81. The first kappa shape index (κ1) is 18.5. The highest BCUT2D eigenvalue weighted by Gasteiger charge is 2.13. The molecule has 7 nitrogen and oxygen atoms in total. The van der Waals surface area contributed by atoms with Gasteiger partial charge in [0.05, 0.1) is 15.9 Å². The average molecular weight is 549 g/mol. The first-order chi connectivity index (χ1) is 12.0. The fourth-order valence-corrected chi connectivity index (χ4v) is 3.86. The van der Waals surface area contributed by atoms with Gasteiger partial charge < -0.3 is 5.32 Å². The zero-order chi connectivity index (χ0) is 17.8. The molecule has 0 aliphatic carbocycles. The van der Waals surface area contributed by atoms with Gasteiger partial charge in [-0.25, -0.2) is 4.98 Å². The SMILES string of the molecule is O=C(CSc1nnnn1-c1ccc(Br)cc1)Nc1ncc(Br)cc1Br. The Bertz CT molecular complexity index is 902. The van der Waals surface area contributed by atoms with Crippen molar-refractivity contribution in [1.29, 1.82) is 0 Å². The van der Waals surface area contributed by atoms with Crippen molar-refractivity contribution >= 4 is 71.3 Å². The topological polar surface area (TPSA) is 85.6 Å². The van der Waals surface area contributed by atoms with Gasteiger partial charge in [-0.1, -0.05) is 27.7 Å². The van der Waals surface area contributed by atoms with Crippen LogP contribution < -0.4 is 5.32 Å². The predicted octanol–water partition coefficient (Wildman–Crippen LogP) is 4.08. The zero-order valence-corrected chi connectivity index (χ0v) is 17.9. The Labute approximate surface area is 172 Å². The number of halogens is 3. The summed E-state index contributed by atoms with van der Waals surface area (Å²) in [7, 11) is 0. The predicted molar refractivity (Wildman–Crippen MR) is 106 cm³/mol. The summed E-state index contributed by atoms with van der Waals surface area (Å²) in [6.45, 7) is 0. The van der Waals surface area contributed by atoms with Crippen LogP contribution in [0.5, 0.6) is 0 Å². The number of hydrogen-bond donors (Lipinski definition) is 1. The summed E-state index contributed by atoms with van der Waals surface area (Å²) in [4.78, 5) is 16.3. The lowest BCUT2D eigenvalue weighted by molar-refractivity contribution is -0.113. The van der Waals surface area contributed by atoms with Crippen LogP contribution in [-0.2, 0) is 4.79 Å². The van der Waals surface area contributed by atoms with E-state index in [-0.39, 0.29) is 11.7 Å². The molecule has 3 aromatic rings. The Balaban J connectivity index is 1.65. The lowest BCUT2D eigenvalue weighted by atomic mass is 10.3. The number of pyridine rings is 1. The molecule has 0 fully saturated rings. The molecule has 0 aliphatic heterocycles. The second-order valence-corrected chi connectivity index (χ2v) is 8.30. The summed E-state index contributed by atoms with van der Waals surface area (Å²) in [6.07, 6.45) is 1.61. The van der Waals surface area contributed by atoms with Gasteiger partial charge >= 0.3 is 0 Å². The molecule has 0 unspecified atom stereocenters. The highest BCUT2D eigenvalue weighted by atomic mass is 79.9. The van der Waals surface area contributed by atoms with Crippen molar-refractivity contribution in [2.45, 2.75) is 5.16 Å². The van der Waals surface area contributed by atoms with Crippen LogP contribution in [0.15, 0.2) is 55.1 Å². The highest BCUT2D eigenvalue weighted by Crippen LogP contribution is 2.24. The lowest BCUT2D eigenvalue weighted by Crippen LogP contribution is -2.16. The van der Waals surface area contributed by atoms with Gasteiger partial charge in [-0.15, -0.1) is 5.10 Å². The van der Waals surface area contributed by atoms with Crippen molar-refractivity contribution in [3.05, 3.63) is 49.9 Å². The van der Waals surface area contributed by atoms with Gasteiger partial charge in [-0.05, 0) is 72.6 Å². The maximum atomic E-state index is 12.1. The van der Waals surface area contributed by atoms with Crippen LogP contribution in [0, 0.1) is 0 Å². The lowest BCUT2D eigenvalue weighted by Gasteiger charge is -2.07. The average Bonchev–Trinajstić information content (AvgIpc) is 3.05. The summed E-state index contributed by atoms with van der Waals surface area (Å²) in [5.74, 6) is 0.411. The van der Waals surface area contributed by atoms with E-state index in [0.29, 0.717) is 15.4 Å². The van der Waals surface area contributed by atoms with Crippen molar-refractivity contribution < 1.29 is 4.79 Å². The third-order valence-electron chi connectivity index (χ3n) is 2.91. The van der Waals surface area contributed by atoms with E-state index in [4.69, 9.17) is 0 Å². The van der Waals surface area contributed by atoms with Crippen LogP contribution in [0.25, 0.3) is 5.69 Å². The molecule has 0 bridgehead atoms. The molecule has 2 aromatic heterocycles. The van der Waals surface area contributed by atoms with E-state index in [1.54, 1.807) is 10.9 Å². The Morgan fingerprint density at radius 1 is 1.16 bits per heavy atom. The summed E-state index contributed by atoms with van der Waals surface area (Å²) in [5, 5.41) is 14.9. The fourth-order valence-electron chi connectivity index (χ4n) is 1.82. The molecule has 1 amide bonds. The quantitative estimate of drug-likeness (QED) is 0.484. The standard InChI is InChI=1S/C14H9Br3N6OS/c15-8-1-3-10(4-2-8)23-14(20-21-22-23)25-7-12(24)19-13-11(17)5-9(16)6-18-13/h1-6H,7H2,(H,18,19,24). The van der Waals surface area contributed by atoms with Crippen LogP contribution in [-0.4, -0.2) is 36.9 Å². The van der Waals surface area contributed by atoms with Crippen molar-refractivity contribution in [1.82, 2.24) is 25.2 Å². The van der Waals surface area contributed by atoms with Crippen molar-refractivity contribution in [2.24, 2.45) is 0 Å². The van der Waals surface area contributed by atoms with Gasteiger partial charge in [0.2, 0.25) is 11.1 Å². The van der Waals surface area contributed by atoms with Gasteiger partial charge in [0.15, 0.2) is 0 Å². The van der Waals surface area contributed by atoms with E-state index in [1.807, 2.05) is 30.3 Å². The number of hydrogen-bond acceptors (Lipinski definition) is 6. The number of anilines is 1. The Kier molecular flexibility index (Phi) is 6.20. The molecule has 0 spiro atoms. The number of carbonyl (C=O) groups excluding carboxylic acids is 1. The third kappa shape index (κ3) is 4.87. The molecule has 11 heteroatoms. The summed E-state index contributed by atoms with van der Waals surface area (Å²) < 4.78 is 4.06. The molecular weight excluding hydrogens is 540 g/mol. The minimum atomic E-state index is -0.203. The summed E-state index contributed by atoms with van der Waals surface area (Å²) in [6, 6.07) is 9.37. The van der Waals surface area contributed by atoms with E-state index >= 15 is 0 Å². The van der Waals surface area contributed by atoms with E-state index in [1.165, 1.54) is 11.8 Å². The minimum Gasteiger partial charge on any atom is -0.309 e. The normalized spacial score (nSPS) is 10.7. The molecule has 0 saturated heterocycles. The van der Waals surface area contributed by atoms with Gasteiger partial charge in [-0.2, -0.15) is 4.68 Å². The Hall–Kier alpha value is -1.30. The maximum Gasteiger partial charge on any atom is 0.236 e. The number of amides is 1. The zero-order valence-electron chi connectivity index (χ0n) is 12.4. The number of carbonyl (C=O) groups is 1. The van der Waals surface area contributed by atoms with Crippen molar-refractivity contribution in [3.8, 4) is 5.69 Å². The van der Waals surface area contributed by atoms with Gasteiger partial charge in [0.1, 0.15) is 5.82 Å². The second-order valence-electron chi connectivity index (χ2n) is 4.67. The van der Waals surface area contributed by atoms with E-state index in [2.05, 4.69) is 73.6 Å². The fraction of sp³-hybridized carbons (Fsp3) is 0.0714. The van der Waals surface area contributed by atoms with Crippen molar-refractivity contribution in [2.75, 3.05) is 11.1 Å². The molecule has 3 rings (SSSR count). The summed E-state index contributed by atoms with van der Waals surface area (Å²) >= 11 is 11.3. The molecule has 1 aromatic carbocycles. The number of tetrazole rings is 1. The monoisotopic (exact) mass is 546 g/mol. The van der Waals surface area contributed by atoms with Gasteiger partial charge in [0.25, 0.3) is 0 Å². The molecule has 128 valence electrons. The van der Waals surface area contributed by atoms with E-state index < -0.39 is 0 Å². The number of benzene rings is 1. The second kappa shape index (κ2) is 8.39. The Morgan fingerprint density at radius 3 is 2.64 bits per heavy atom. The first-order valence-corrected chi connectivity index (χ1v) is 10.2. The minimum absolute atomic E-state index is 0.154. The number of thioether (sulfide) groups is 1. The van der Waals surface area contributed by atoms with E-state index in [0.717, 1.165) is 14.6 Å². The summed E-state index contributed by atoms with van der Waals surface area (Å²) in [5.41, 5.74) is 0.813. The molecule has 25 heavy (non-hydrogen) atoms. The van der Waals surface area contributed by atoms with Gasteiger partial charge in [0, 0.05) is 15.1 Å². The van der Waals surface area contributed by atoms with Crippen LogP contribution >= 0.6 is 59.6 Å². The van der Waals surface area contributed by atoms with Crippen LogP contribution in [0.3, 0.4) is 0 Å². The smallest absolute Gasteiger partial charge is 0.236 e. The Morgan fingerprint density at radius 2 is 1.92 bits per heavy atom. The van der Waals surface area contributed by atoms with Crippen LogP contribution in [0.1, 0.15) is 0 Å². The highest BCUT2D eigenvalue weighted by molar-refractivity contribution is 9.11. The van der Waals surface area contributed by atoms with Crippen LogP contribution in [0.2, 0.25) is 0 Å². The number of aromatic nitrogens is 5. The van der Waals surface area contributed by atoms with E-state index in [9.17, 15) is 4.79 Å². The number of nitrogens with zero attached hydrogens (tertiary/aromatic N) is 5. The van der Waals surface area contributed by atoms with Gasteiger partial charge in [-0.3, -0.25) is 4.79 Å². The molecule has 0 saturated carbocycles. The van der Waals surface area contributed by atoms with Crippen molar-refractivity contribution in [3.63, 3.8) is 0 Å². The molecule has 0 atom stereocenters. The molecule has 0 aliphatic rings.